The van der Waals surface area contributed by atoms with Crippen molar-refractivity contribution in [3.8, 4) is 0 Å². The Kier molecular flexibility index (Phi) is 3.46. The molecule has 0 amide bonds. The summed E-state index contributed by atoms with van der Waals surface area (Å²) in [5.74, 6) is -0.692. The topological polar surface area (TPSA) is 38.1 Å². The van der Waals surface area contributed by atoms with Crippen LogP contribution in [0.3, 0.4) is 0 Å². The molecule has 2 aromatic rings. The zero-order chi connectivity index (χ0) is 14.0. The molecule has 0 aliphatic rings. The fourth-order valence-electron chi connectivity index (χ4n) is 1.55. The second-order valence-electron chi connectivity index (χ2n) is 3.97. The Morgan fingerprint density at radius 1 is 1.26 bits per heavy atom. The van der Waals surface area contributed by atoms with Gasteiger partial charge in [0.25, 0.3) is 0 Å². The molecule has 1 N–H and O–H groups in total. The predicted octanol–water partition coefficient (Wildman–Crippen LogP) is 3.75. The van der Waals surface area contributed by atoms with Crippen molar-refractivity contribution in [2.24, 2.45) is 0 Å². The molecule has 0 fully saturated rings. The molecule has 1 aromatic carbocycles. The summed E-state index contributed by atoms with van der Waals surface area (Å²) in [5.41, 5.74) is -0.585. The maximum absolute atomic E-state index is 13.1. The van der Waals surface area contributed by atoms with Crippen LogP contribution in [-0.4, -0.2) is 5.16 Å². The van der Waals surface area contributed by atoms with Crippen molar-refractivity contribution in [2.45, 2.75) is 19.6 Å². The van der Waals surface area contributed by atoms with Crippen LogP contribution in [0.4, 0.5) is 23.2 Å². The van der Waals surface area contributed by atoms with E-state index in [0.717, 1.165) is 12.1 Å². The summed E-state index contributed by atoms with van der Waals surface area (Å²) in [6.07, 6.45) is -4.72. The molecule has 0 spiro atoms. The van der Waals surface area contributed by atoms with Crippen LogP contribution in [0.1, 0.15) is 17.0 Å². The summed E-state index contributed by atoms with van der Waals surface area (Å²) in [6.45, 7) is 1.90. The second kappa shape index (κ2) is 4.91. The number of nitrogens with zero attached hydrogens (tertiary/aromatic N) is 1. The van der Waals surface area contributed by atoms with Gasteiger partial charge >= 0.3 is 6.18 Å². The third-order valence-electron chi connectivity index (χ3n) is 2.42. The van der Waals surface area contributed by atoms with Gasteiger partial charge in [0.1, 0.15) is 17.3 Å². The summed E-state index contributed by atoms with van der Waals surface area (Å²) < 4.78 is 55.4. The zero-order valence-corrected chi connectivity index (χ0v) is 9.88. The summed E-state index contributed by atoms with van der Waals surface area (Å²) in [6, 6.07) is 4.39. The minimum absolute atomic E-state index is 0.161. The average Bonchev–Trinajstić information content (AvgIpc) is 2.72. The van der Waals surface area contributed by atoms with E-state index in [-0.39, 0.29) is 12.2 Å². The maximum atomic E-state index is 13.1. The lowest BCUT2D eigenvalue weighted by Gasteiger charge is -2.10. The molecule has 102 valence electrons. The minimum atomic E-state index is -4.72. The maximum Gasteiger partial charge on any atom is 0.419 e. The van der Waals surface area contributed by atoms with E-state index >= 15 is 0 Å². The Morgan fingerprint density at radius 2 is 2.00 bits per heavy atom. The lowest BCUT2D eigenvalue weighted by atomic mass is 10.2. The number of aryl methyl sites for hydroxylation is 1. The third kappa shape index (κ3) is 3.24. The van der Waals surface area contributed by atoms with E-state index in [9.17, 15) is 17.6 Å². The molecule has 0 aliphatic heterocycles. The highest BCUT2D eigenvalue weighted by molar-refractivity contribution is 5.47. The first-order chi connectivity index (χ1) is 8.86. The highest BCUT2D eigenvalue weighted by Crippen LogP contribution is 2.33. The fourth-order valence-corrected chi connectivity index (χ4v) is 1.55. The number of rotatable bonds is 3. The van der Waals surface area contributed by atoms with Crippen LogP contribution in [0.5, 0.6) is 0 Å². The predicted molar refractivity (Wildman–Crippen MR) is 60.0 cm³/mol. The molecule has 1 aromatic heterocycles. The molecule has 0 aliphatic carbocycles. The van der Waals surface area contributed by atoms with Gasteiger partial charge in [-0.25, -0.2) is 4.39 Å². The molecule has 0 bridgehead atoms. The molecule has 0 saturated heterocycles. The first-order valence-corrected chi connectivity index (χ1v) is 5.39. The van der Waals surface area contributed by atoms with E-state index in [1.54, 1.807) is 13.0 Å². The molecule has 0 saturated carbocycles. The summed E-state index contributed by atoms with van der Waals surface area (Å²) in [5, 5.41) is 6.41. The summed E-state index contributed by atoms with van der Waals surface area (Å²) >= 11 is 0. The highest BCUT2D eigenvalue weighted by atomic mass is 19.4. The number of nitrogens with one attached hydrogen (secondary N) is 1. The van der Waals surface area contributed by atoms with Crippen LogP contribution in [-0.2, 0) is 12.7 Å². The quantitative estimate of drug-likeness (QED) is 0.866. The minimum Gasteiger partial charge on any atom is -0.379 e. The molecule has 7 heteroatoms. The number of hydrogen-bond acceptors (Lipinski definition) is 3. The molecule has 2 rings (SSSR count). The normalized spacial score (nSPS) is 11.6. The Balaban J connectivity index is 2.13. The molecule has 0 radical (unpaired) electrons. The van der Waals surface area contributed by atoms with Crippen LogP contribution in [0.15, 0.2) is 28.8 Å². The van der Waals surface area contributed by atoms with Crippen LogP contribution in [0.25, 0.3) is 0 Å². The second-order valence-corrected chi connectivity index (χ2v) is 3.97. The first-order valence-electron chi connectivity index (χ1n) is 5.39. The summed E-state index contributed by atoms with van der Waals surface area (Å²) in [7, 11) is 0. The highest BCUT2D eigenvalue weighted by Gasteiger charge is 2.34. The molecule has 3 nitrogen and oxygen atoms in total. The van der Waals surface area contributed by atoms with Gasteiger partial charge in [-0.2, -0.15) is 13.2 Å². The number of alkyl halides is 3. The van der Waals surface area contributed by atoms with Crippen molar-refractivity contribution in [2.75, 3.05) is 5.32 Å². The Hall–Kier alpha value is -2.05. The van der Waals surface area contributed by atoms with Gasteiger partial charge in [-0.3, -0.25) is 0 Å². The van der Waals surface area contributed by atoms with Crippen molar-refractivity contribution in [1.29, 1.82) is 0 Å². The first kappa shape index (κ1) is 13.4. The Bertz CT molecular complexity index is 577. The lowest BCUT2D eigenvalue weighted by Crippen LogP contribution is -2.09. The lowest BCUT2D eigenvalue weighted by molar-refractivity contribution is -0.139. The standard InChI is InChI=1S/C12H10F4N2O/c1-7-4-9(18-19-7)6-17-8-2-3-11(13)10(5-8)12(14,15)16/h2-5,17H,6H2,1H3. The van der Waals surface area contributed by atoms with Gasteiger partial charge in [0.2, 0.25) is 0 Å². The molecule has 0 unspecified atom stereocenters. The van der Waals surface area contributed by atoms with Gasteiger partial charge in [0.05, 0.1) is 12.1 Å². The van der Waals surface area contributed by atoms with E-state index in [1.165, 1.54) is 6.07 Å². The van der Waals surface area contributed by atoms with Crippen LogP contribution in [0.2, 0.25) is 0 Å². The van der Waals surface area contributed by atoms with Crippen molar-refractivity contribution in [3.63, 3.8) is 0 Å². The SMILES string of the molecule is Cc1cc(CNc2ccc(F)c(C(F)(F)F)c2)no1. The van der Waals surface area contributed by atoms with E-state index in [1.807, 2.05) is 0 Å². The Labute approximate surface area is 106 Å². The van der Waals surface area contributed by atoms with Crippen LogP contribution < -0.4 is 5.32 Å². The number of halogens is 4. The van der Waals surface area contributed by atoms with Gasteiger partial charge in [0, 0.05) is 11.8 Å². The van der Waals surface area contributed by atoms with Gasteiger partial charge in [-0.1, -0.05) is 5.16 Å². The van der Waals surface area contributed by atoms with Gasteiger partial charge in [-0.05, 0) is 25.1 Å². The van der Waals surface area contributed by atoms with Gasteiger partial charge in [-0.15, -0.1) is 0 Å². The van der Waals surface area contributed by atoms with Crippen LogP contribution >= 0.6 is 0 Å². The molecular formula is C12H10F4N2O. The Morgan fingerprint density at radius 3 is 2.58 bits per heavy atom. The molecular weight excluding hydrogens is 264 g/mol. The fraction of sp³-hybridized carbons (Fsp3) is 0.250. The smallest absolute Gasteiger partial charge is 0.379 e. The van der Waals surface area contributed by atoms with Gasteiger partial charge < -0.3 is 9.84 Å². The van der Waals surface area contributed by atoms with Crippen LogP contribution in [0, 0.1) is 12.7 Å². The third-order valence-corrected chi connectivity index (χ3v) is 2.42. The van der Waals surface area contributed by atoms with Crippen molar-refractivity contribution < 1.29 is 22.1 Å². The molecule has 19 heavy (non-hydrogen) atoms. The van der Waals surface area contributed by atoms with E-state index < -0.39 is 17.6 Å². The van der Waals surface area contributed by atoms with Crippen molar-refractivity contribution in [1.82, 2.24) is 5.16 Å². The van der Waals surface area contributed by atoms with Crippen molar-refractivity contribution in [3.05, 3.63) is 47.1 Å². The molecule has 0 atom stereocenters. The number of hydrogen-bond donors (Lipinski definition) is 1. The van der Waals surface area contributed by atoms with E-state index in [0.29, 0.717) is 11.5 Å². The molecule has 1 heterocycles. The van der Waals surface area contributed by atoms with E-state index in [2.05, 4.69) is 10.5 Å². The summed E-state index contributed by atoms with van der Waals surface area (Å²) in [4.78, 5) is 0. The average molecular weight is 274 g/mol. The largest absolute Gasteiger partial charge is 0.419 e. The van der Waals surface area contributed by atoms with Crippen molar-refractivity contribution >= 4 is 5.69 Å². The number of anilines is 1. The zero-order valence-electron chi connectivity index (χ0n) is 9.88. The van der Waals surface area contributed by atoms with E-state index in [4.69, 9.17) is 4.52 Å². The number of aromatic nitrogens is 1. The monoisotopic (exact) mass is 274 g/mol. The van der Waals surface area contributed by atoms with Gasteiger partial charge in [0.15, 0.2) is 0 Å². The number of benzene rings is 1.